The van der Waals surface area contributed by atoms with Crippen molar-refractivity contribution in [2.24, 2.45) is 11.3 Å². The summed E-state index contributed by atoms with van der Waals surface area (Å²) < 4.78 is 5.00. The SMILES string of the molecule is CCOC(=O)C(C)(C)C(=O)CN1CCN(CC2CC2)CC1. The smallest absolute Gasteiger partial charge is 0.319 e. The Morgan fingerprint density at radius 1 is 1.10 bits per heavy atom. The molecule has 0 unspecified atom stereocenters. The highest BCUT2D eigenvalue weighted by Gasteiger charge is 2.38. The number of ether oxygens (including phenoxy) is 1. The highest BCUT2D eigenvalue weighted by Crippen LogP contribution is 2.30. The molecule has 5 heteroatoms. The van der Waals surface area contributed by atoms with E-state index in [4.69, 9.17) is 4.74 Å². The molecule has 0 atom stereocenters. The van der Waals surface area contributed by atoms with Crippen LogP contribution < -0.4 is 0 Å². The van der Waals surface area contributed by atoms with E-state index in [1.54, 1.807) is 20.8 Å². The van der Waals surface area contributed by atoms with Crippen molar-refractivity contribution in [1.82, 2.24) is 9.80 Å². The lowest BCUT2D eigenvalue weighted by Crippen LogP contribution is -2.50. The average molecular weight is 296 g/mol. The van der Waals surface area contributed by atoms with Crippen molar-refractivity contribution in [3.63, 3.8) is 0 Å². The first-order chi connectivity index (χ1) is 9.93. The van der Waals surface area contributed by atoms with Gasteiger partial charge in [0.1, 0.15) is 5.41 Å². The van der Waals surface area contributed by atoms with Gasteiger partial charge in [0.05, 0.1) is 13.2 Å². The fourth-order valence-corrected chi connectivity index (χ4v) is 2.62. The van der Waals surface area contributed by atoms with Crippen LogP contribution in [0.15, 0.2) is 0 Å². The molecule has 0 bridgehead atoms. The summed E-state index contributed by atoms with van der Waals surface area (Å²) in [6.45, 7) is 10.9. The molecule has 2 rings (SSSR count). The van der Waals surface area contributed by atoms with Crippen molar-refractivity contribution in [3.8, 4) is 0 Å². The van der Waals surface area contributed by atoms with Gasteiger partial charge in [0.2, 0.25) is 0 Å². The van der Waals surface area contributed by atoms with Crippen LogP contribution in [0.4, 0.5) is 0 Å². The van der Waals surface area contributed by atoms with Gasteiger partial charge in [0.25, 0.3) is 0 Å². The Kier molecular flexibility index (Phi) is 5.38. The Balaban J connectivity index is 1.76. The predicted molar refractivity (Wildman–Crippen MR) is 81.0 cm³/mol. The van der Waals surface area contributed by atoms with Crippen molar-refractivity contribution < 1.29 is 14.3 Å². The van der Waals surface area contributed by atoms with Gasteiger partial charge in [-0.05, 0) is 39.5 Å². The monoisotopic (exact) mass is 296 g/mol. The van der Waals surface area contributed by atoms with Crippen LogP contribution in [0.25, 0.3) is 0 Å². The summed E-state index contributed by atoms with van der Waals surface area (Å²) in [6.07, 6.45) is 2.76. The Hall–Kier alpha value is -0.940. The lowest BCUT2D eigenvalue weighted by atomic mass is 9.87. The summed E-state index contributed by atoms with van der Waals surface area (Å²) in [4.78, 5) is 28.9. The number of hydrogen-bond acceptors (Lipinski definition) is 5. The Bertz CT molecular complexity index is 383. The maximum absolute atomic E-state index is 12.4. The molecule has 0 aromatic rings. The molecule has 0 aromatic heterocycles. The molecular formula is C16H28N2O3. The van der Waals surface area contributed by atoms with Crippen LogP contribution in [0.3, 0.4) is 0 Å². The fraction of sp³-hybridized carbons (Fsp3) is 0.875. The minimum Gasteiger partial charge on any atom is -0.465 e. The number of Topliss-reactive ketones (excluding diaryl/α,β-unsaturated/α-hetero) is 1. The Labute approximate surface area is 127 Å². The zero-order valence-electron chi connectivity index (χ0n) is 13.6. The first-order valence-corrected chi connectivity index (χ1v) is 8.08. The number of piperazine rings is 1. The van der Waals surface area contributed by atoms with Crippen LogP contribution in [-0.4, -0.2) is 67.4 Å². The van der Waals surface area contributed by atoms with E-state index in [1.807, 2.05) is 0 Å². The molecule has 1 saturated carbocycles. The number of esters is 1. The summed E-state index contributed by atoms with van der Waals surface area (Å²) in [7, 11) is 0. The molecule has 0 radical (unpaired) electrons. The molecule has 0 amide bonds. The maximum atomic E-state index is 12.4. The van der Waals surface area contributed by atoms with Crippen molar-refractivity contribution in [2.75, 3.05) is 45.9 Å². The first kappa shape index (κ1) is 16.4. The lowest BCUT2D eigenvalue weighted by Gasteiger charge is -2.35. The zero-order valence-corrected chi connectivity index (χ0v) is 13.6. The highest BCUT2D eigenvalue weighted by molar-refractivity contribution is 6.03. The third-order valence-electron chi connectivity index (χ3n) is 4.53. The normalized spacial score (nSPS) is 21.3. The predicted octanol–water partition coefficient (Wildman–Crippen LogP) is 1.17. The minimum absolute atomic E-state index is 0.0448. The Morgan fingerprint density at radius 3 is 2.19 bits per heavy atom. The van der Waals surface area contributed by atoms with E-state index < -0.39 is 11.4 Å². The Morgan fingerprint density at radius 2 is 1.67 bits per heavy atom. The highest BCUT2D eigenvalue weighted by atomic mass is 16.5. The molecule has 0 spiro atoms. The second-order valence-corrected chi connectivity index (χ2v) is 6.79. The second kappa shape index (κ2) is 6.88. The van der Waals surface area contributed by atoms with Gasteiger partial charge in [-0.25, -0.2) is 0 Å². The first-order valence-electron chi connectivity index (χ1n) is 8.08. The molecule has 0 aromatic carbocycles. The second-order valence-electron chi connectivity index (χ2n) is 6.79. The molecule has 2 aliphatic rings. The van der Waals surface area contributed by atoms with Crippen LogP contribution in [-0.2, 0) is 14.3 Å². The topological polar surface area (TPSA) is 49.9 Å². The molecule has 21 heavy (non-hydrogen) atoms. The number of ketones is 1. The third-order valence-corrected chi connectivity index (χ3v) is 4.53. The molecule has 1 aliphatic heterocycles. The third kappa shape index (κ3) is 4.51. The number of nitrogens with zero attached hydrogens (tertiary/aromatic N) is 2. The standard InChI is InChI=1S/C16H28N2O3/c1-4-21-15(20)16(2,3)14(19)12-18-9-7-17(8-10-18)11-13-5-6-13/h13H,4-12H2,1-3H3. The molecule has 0 N–H and O–H groups in total. The van der Waals surface area contributed by atoms with Gasteiger partial charge in [-0.2, -0.15) is 0 Å². The van der Waals surface area contributed by atoms with E-state index >= 15 is 0 Å². The van der Waals surface area contributed by atoms with Gasteiger partial charge in [0, 0.05) is 32.7 Å². The van der Waals surface area contributed by atoms with E-state index in [-0.39, 0.29) is 5.78 Å². The molecule has 2 fully saturated rings. The lowest BCUT2D eigenvalue weighted by molar-refractivity contribution is -0.158. The van der Waals surface area contributed by atoms with Crippen LogP contribution in [0.5, 0.6) is 0 Å². The molecule has 1 heterocycles. The summed E-state index contributed by atoms with van der Waals surface area (Å²) in [5, 5.41) is 0. The van der Waals surface area contributed by atoms with Gasteiger partial charge in [0.15, 0.2) is 5.78 Å². The number of carbonyl (C=O) groups excluding carboxylic acids is 2. The number of rotatable bonds is 7. The van der Waals surface area contributed by atoms with Crippen molar-refractivity contribution in [2.45, 2.75) is 33.6 Å². The van der Waals surface area contributed by atoms with E-state index in [1.165, 1.54) is 19.4 Å². The van der Waals surface area contributed by atoms with Gasteiger partial charge in [-0.1, -0.05) is 0 Å². The molecule has 120 valence electrons. The zero-order chi connectivity index (χ0) is 15.5. The maximum Gasteiger partial charge on any atom is 0.319 e. The van der Waals surface area contributed by atoms with E-state index in [0.717, 1.165) is 32.1 Å². The average Bonchev–Trinajstić information content (AvgIpc) is 3.25. The molecule has 5 nitrogen and oxygen atoms in total. The fourth-order valence-electron chi connectivity index (χ4n) is 2.62. The molecular weight excluding hydrogens is 268 g/mol. The minimum atomic E-state index is -1.04. The van der Waals surface area contributed by atoms with E-state index in [9.17, 15) is 9.59 Å². The van der Waals surface area contributed by atoms with Crippen molar-refractivity contribution in [1.29, 1.82) is 0 Å². The van der Waals surface area contributed by atoms with Gasteiger partial charge < -0.3 is 9.64 Å². The van der Waals surface area contributed by atoms with Crippen LogP contribution >= 0.6 is 0 Å². The van der Waals surface area contributed by atoms with Crippen LogP contribution in [0.2, 0.25) is 0 Å². The summed E-state index contributed by atoms with van der Waals surface area (Å²) in [5.41, 5.74) is -1.04. The van der Waals surface area contributed by atoms with E-state index in [2.05, 4.69) is 9.80 Å². The van der Waals surface area contributed by atoms with Crippen molar-refractivity contribution >= 4 is 11.8 Å². The quantitative estimate of drug-likeness (QED) is 0.521. The summed E-state index contributed by atoms with van der Waals surface area (Å²) >= 11 is 0. The van der Waals surface area contributed by atoms with Crippen LogP contribution in [0, 0.1) is 11.3 Å². The van der Waals surface area contributed by atoms with Gasteiger partial charge in [-0.15, -0.1) is 0 Å². The summed E-state index contributed by atoms with van der Waals surface area (Å²) in [6, 6.07) is 0. The van der Waals surface area contributed by atoms with E-state index in [0.29, 0.717) is 13.2 Å². The van der Waals surface area contributed by atoms with Gasteiger partial charge >= 0.3 is 5.97 Å². The number of carbonyl (C=O) groups is 2. The largest absolute Gasteiger partial charge is 0.465 e. The van der Waals surface area contributed by atoms with Crippen molar-refractivity contribution in [3.05, 3.63) is 0 Å². The molecule has 1 saturated heterocycles. The molecule has 1 aliphatic carbocycles. The number of hydrogen-bond donors (Lipinski definition) is 0. The summed E-state index contributed by atoms with van der Waals surface area (Å²) in [5.74, 6) is 0.458. The van der Waals surface area contributed by atoms with Gasteiger partial charge in [-0.3, -0.25) is 14.5 Å². The van der Waals surface area contributed by atoms with Crippen LogP contribution in [0.1, 0.15) is 33.6 Å².